The van der Waals surface area contributed by atoms with Crippen LogP contribution in [0.15, 0.2) is 24.3 Å². The minimum Gasteiger partial charge on any atom is -0.392 e. The number of aliphatic hydroxyl groups excluding tert-OH is 1. The molecule has 0 amide bonds. The molecular formula is C14H23NO. The molecule has 16 heavy (non-hydrogen) atoms. The Hall–Kier alpha value is -0.860. The molecule has 0 bridgehead atoms. The van der Waals surface area contributed by atoms with E-state index in [1.165, 1.54) is 12.0 Å². The van der Waals surface area contributed by atoms with Crippen molar-refractivity contribution in [3.8, 4) is 0 Å². The second kappa shape index (κ2) is 6.66. The molecular weight excluding hydrogens is 198 g/mol. The fourth-order valence-corrected chi connectivity index (χ4v) is 1.62. The van der Waals surface area contributed by atoms with E-state index in [1.54, 1.807) is 0 Å². The van der Waals surface area contributed by atoms with Crippen molar-refractivity contribution in [2.24, 2.45) is 5.92 Å². The van der Waals surface area contributed by atoms with E-state index in [1.807, 2.05) is 12.1 Å². The zero-order valence-corrected chi connectivity index (χ0v) is 10.6. The lowest BCUT2D eigenvalue weighted by Gasteiger charge is -2.17. The Labute approximate surface area is 98.9 Å². The molecule has 0 aromatic heterocycles. The van der Waals surface area contributed by atoms with Crippen molar-refractivity contribution < 1.29 is 5.11 Å². The average Bonchev–Trinajstić information content (AvgIpc) is 2.27. The van der Waals surface area contributed by atoms with Crippen molar-refractivity contribution in [2.75, 3.05) is 13.6 Å². The van der Waals surface area contributed by atoms with Crippen LogP contribution in [0.5, 0.6) is 0 Å². The van der Waals surface area contributed by atoms with Gasteiger partial charge in [-0.25, -0.2) is 0 Å². The van der Waals surface area contributed by atoms with Gasteiger partial charge in [0.2, 0.25) is 0 Å². The molecule has 2 nitrogen and oxygen atoms in total. The van der Waals surface area contributed by atoms with Crippen LogP contribution in [0.25, 0.3) is 0 Å². The Morgan fingerprint density at radius 1 is 1.12 bits per heavy atom. The van der Waals surface area contributed by atoms with E-state index in [2.05, 4.69) is 37.9 Å². The summed E-state index contributed by atoms with van der Waals surface area (Å²) in [6.07, 6.45) is 1.24. The highest BCUT2D eigenvalue weighted by atomic mass is 16.3. The molecule has 0 aliphatic rings. The maximum absolute atomic E-state index is 8.95. The first-order chi connectivity index (χ1) is 7.61. The summed E-state index contributed by atoms with van der Waals surface area (Å²) in [6.45, 7) is 6.76. The molecule has 2 heteroatoms. The first-order valence-corrected chi connectivity index (χ1v) is 5.99. The average molecular weight is 221 g/mol. The predicted molar refractivity (Wildman–Crippen MR) is 68.2 cm³/mol. The zero-order chi connectivity index (χ0) is 12.0. The summed E-state index contributed by atoms with van der Waals surface area (Å²) in [6, 6.07) is 8.17. The van der Waals surface area contributed by atoms with Crippen molar-refractivity contribution in [1.82, 2.24) is 4.90 Å². The molecule has 1 rings (SSSR count). The Morgan fingerprint density at radius 2 is 1.69 bits per heavy atom. The molecule has 0 saturated carbocycles. The van der Waals surface area contributed by atoms with E-state index in [-0.39, 0.29) is 6.61 Å². The second-order valence-electron chi connectivity index (χ2n) is 4.89. The van der Waals surface area contributed by atoms with Crippen molar-refractivity contribution >= 4 is 0 Å². The highest BCUT2D eigenvalue weighted by Crippen LogP contribution is 2.08. The van der Waals surface area contributed by atoms with E-state index >= 15 is 0 Å². The smallest absolute Gasteiger partial charge is 0.0681 e. The first-order valence-electron chi connectivity index (χ1n) is 5.99. The van der Waals surface area contributed by atoms with Crippen LogP contribution in [0.3, 0.4) is 0 Å². The Morgan fingerprint density at radius 3 is 2.19 bits per heavy atom. The third-order valence-electron chi connectivity index (χ3n) is 2.75. The monoisotopic (exact) mass is 221 g/mol. The number of aliphatic hydroxyl groups is 1. The van der Waals surface area contributed by atoms with Gasteiger partial charge in [-0.15, -0.1) is 0 Å². The molecule has 0 fully saturated rings. The highest BCUT2D eigenvalue weighted by molar-refractivity contribution is 5.21. The van der Waals surface area contributed by atoms with Gasteiger partial charge in [-0.3, -0.25) is 0 Å². The maximum Gasteiger partial charge on any atom is 0.0681 e. The first kappa shape index (κ1) is 13.2. The normalized spacial score (nSPS) is 11.4. The van der Waals surface area contributed by atoms with E-state index in [4.69, 9.17) is 5.11 Å². The second-order valence-corrected chi connectivity index (χ2v) is 4.89. The molecule has 0 spiro atoms. The van der Waals surface area contributed by atoms with Crippen molar-refractivity contribution in [3.05, 3.63) is 35.4 Å². The summed E-state index contributed by atoms with van der Waals surface area (Å²) < 4.78 is 0. The largest absolute Gasteiger partial charge is 0.392 e. The minimum absolute atomic E-state index is 0.128. The van der Waals surface area contributed by atoms with E-state index in [0.29, 0.717) is 0 Å². The fraction of sp³-hybridized carbons (Fsp3) is 0.571. The van der Waals surface area contributed by atoms with Crippen molar-refractivity contribution in [3.63, 3.8) is 0 Å². The van der Waals surface area contributed by atoms with Crippen LogP contribution in [-0.4, -0.2) is 23.6 Å². The molecule has 1 aromatic rings. The van der Waals surface area contributed by atoms with Gasteiger partial charge >= 0.3 is 0 Å². The van der Waals surface area contributed by atoms with Crippen LogP contribution in [0.4, 0.5) is 0 Å². The minimum atomic E-state index is 0.128. The van der Waals surface area contributed by atoms with Gasteiger partial charge in [0.25, 0.3) is 0 Å². The lowest BCUT2D eigenvalue weighted by Crippen LogP contribution is -2.20. The summed E-state index contributed by atoms with van der Waals surface area (Å²) in [7, 11) is 2.16. The number of hydrogen-bond acceptors (Lipinski definition) is 2. The van der Waals surface area contributed by atoms with E-state index < -0.39 is 0 Å². The standard InChI is InChI=1S/C14H23NO/c1-12(2)8-9-15(3)10-13-4-6-14(11-16)7-5-13/h4-7,12,16H,8-11H2,1-3H3. The third kappa shape index (κ3) is 4.77. The van der Waals surface area contributed by atoms with Gasteiger partial charge in [0.1, 0.15) is 0 Å². The van der Waals surface area contributed by atoms with Crippen LogP contribution in [0.2, 0.25) is 0 Å². The van der Waals surface area contributed by atoms with Crippen molar-refractivity contribution in [1.29, 1.82) is 0 Å². The van der Waals surface area contributed by atoms with Gasteiger partial charge < -0.3 is 10.0 Å². The van der Waals surface area contributed by atoms with E-state index in [0.717, 1.165) is 24.6 Å². The van der Waals surface area contributed by atoms with E-state index in [9.17, 15) is 0 Å². The van der Waals surface area contributed by atoms with Gasteiger partial charge in [-0.2, -0.15) is 0 Å². The summed E-state index contributed by atoms with van der Waals surface area (Å²) in [5, 5.41) is 8.95. The molecule has 1 N–H and O–H groups in total. The Kier molecular flexibility index (Phi) is 5.50. The summed E-state index contributed by atoms with van der Waals surface area (Å²) in [5.74, 6) is 0.763. The third-order valence-corrected chi connectivity index (χ3v) is 2.75. The van der Waals surface area contributed by atoms with Crippen LogP contribution in [-0.2, 0) is 13.2 Å². The topological polar surface area (TPSA) is 23.5 Å². The molecule has 0 atom stereocenters. The van der Waals surface area contributed by atoms with Gasteiger partial charge in [0, 0.05) is 6.54 Å². The molecule has 0 aliphatic heterocycles. The van der Waals surface area contributed by atoms with Crippen molar-refractivity contribution in [2.45, 2.75) is 33.4 Å². The summed E-state index contributed by atoms with van der Waals surface area (Å²) in [5.41, 5.74) is 2.29. The van der Waals surface area contributed by atoms with Gasteiger partial charge in [-0.05, 0) is 37.1 Å². The predicted octanol–water partition coefficient (Wildman–Crippen LogP) is 2.66. The van der Waals surface area contributed by atoms with Crippen LogP contribution in [0, 0.1) is 5.92 Å². The Balaban J connectivity index is 2.40. The quantitative estimate of drug-likeness (QED) is 0.798. The number of hydrogen-bond donors (Lipinski definition) is 1. The van der Waals surface area contributed by atoms with Gasteiger partial charge in [0.15, 0.2) is 0 Å². The fourth-order valence-electron chi connectivity index (χ4n) is 1.62. The van der Waals surface area contributed by atoms with Crippen LogP contribution in [0.1, 0.15) is 31.4 Å². The van der Waals surface area contributed by atoms with Crippen LogP contribution >= 0.6 is 0 Å². The molecule has 90 valence electrons. The lowest BCUT2D eigenvalue weighted by molar-refractivity contribution is 0.281. The number of benzene rings is 1. The maximum atomic E-state index is 8.95. The summed E-state index contributed by atoms with van der Waals surface area (Å²) in [4.78, 5) is 2.34. The van der Waals surface area contributed by atoms with Gasteiger partial charge in [-0.1, -0.05) is 38.1 Å². The highest BCUT2D eigenvalue weighted by Gasteiger charge is 2.02. The number of rotatable bonds is 6. The molecule has 0 heterocycles. The zero-order valence-electron chi connectivity index (χ0n) is 10.6. The molecule has 1 aromatic carbocycles. The lowest BCUT2D eigenvalue weighted by atomic mass is 10.1. The molecule has 0 saturated heterocycles. The Bertz CT molecular complexity index is 292. The SMILES string of the molecule is CC(C)CCN(C)Cc1ccc(CO)cc1. The van der Waals surface area contributed by atoms with Gasteiger partial charge in [0.05, 0.1) is 6.61 Å². The molecule has 0 radical (unpaired) electrons. The molecule has 0 unspecified atom stereocenters. The summed E-state index contributed by atoms with van der Waals surface area (Å²) >= 11 is 0. The van der Waals surface area contributed by atoms with Crippen LogP contribution < -0.4 is 0 Å². The number of nitrogens with zero attached hydrogens (tertiary/aromatic N) is 1. The molecule has 0 aliphatic carbocycles.